The number of nitrogens with one attached hydrogen (secondary N) is 1. The quantitative estimate of drug-likeness (QED) is 0.828. The zero-order chi connectivity index (χ0) is 17.0. The number of carbonyl (C=O) groups is 2. The number of amides is 2. The monoisotopic (exact) mass is 320 g/mol. The molecule has 2 aromatic rings. The SMILES string of the molecule is Cc1cc(-c2noc(CCC(=O)N[C@H](C)C(N)=O)n2)ccc1F. The molecule has 122 valence electrons. The molecule has 7 nitrogen and oxygen atoms in total. The van der Waals surface area contributed by atoms with Gasteiger partial charge in [0, 0.05) is 18.4 Å². The van der Waals surface area contributed by atoms with E-state index in [0.29, 0.717) is 17.0 Å². The molecule has 8 heteroatoms. The van der Waals surface area contributed by atoms with Crippen molar-refractivity contribution in [3.05, 3.63) is 35.5 Å². The summed E-state index contributed by atoms with van der Waals surface area (Å²) in [6, 6.07) is 3.77. The van der Waals surface area contributed by atoms with Crippen molar-refractivity contribution in [2.45, 2.75) is 32.7 Å². The largest absolute Gasteiger partial charge is 0.368 e. The van der Waals surface area contributed by atoms with Gasteiger partial charge in [0.25, 0.3) is 0 Å². The third-order valence-electron chi connectivity index (χ3n) is 3.25. The zero-order valence-electron chi connectivity index (χ0n) is 12.8. The molecular weight excluding hydrogens is 303 g/mol. The molecule has 0 bridgehead atoms. The highest BCUT2D eigenvalue weighted by Gasteiger charge is 2.14. The standard InChI is InChI=1S/C15H17FN4O3/c1-8-7-10(3-4-11(8)16)15-19-13(23-20-15)6-5-12(21)18-9(2)14(17)22/h3-4,7,9H,5-6H2,1-2H3,(H2,17,22)(H,18,21)/t9-/m1/s1. The number of aryl methyl sites for hydroxylation is 2. The fourth-order valence-corrected chi connectivity index (χ4v) is 1.86. The van der Waals surface area contributed by atoms with E-state index in [9.17, 15) is 14.0 Å². The van der Waals surface area contributed by atoms with Crippen molar-refractivity contribution in [3.63, 3.8) is 0 Å². The number of halogens is 1. The summed E-state index contributed by atoms with van der Waals surface area (Å²) in [5, 5.41) is 6.27. The molecule has 1 heterocycles. The second-order valence-electron chi connectivity index (χ2n) is 5.17. The Labute approximate surface area is 132 Å². The number of carbonyl (C=O) groups excluding carboxylic acids is 2. The van der Waals surface area contributed by atoms with Gasteiger partial charge in [0.05, 0.1) is 0 Å². The summed E-state index contributed by atoms with van der Waals surface area (Å²) in [7, 11) is 0. The van der Waals surface area contributed by atoms with E-state index in [1.165, 1.54) is 13.0 Å². The molecule has 2 rings (SSSR count). The van der Waals surface area contributed by atoms with Crippen LogP contribution in [0.15, 0.2) is 22.7 Å². The number of hydrogen-bond donors (Lipinski definition) is 2. The molecule has 0 aliphatic rings. The first-order valence-corrected chi connectivity index (χ1v) is 7.04. The smallest absolute Gasteiger partial charge is 0.239 e. The van der Waals surface area contributed by atoms with Crippen molar-refractivity contribution in [1.29, 1.82) is 0 Å². The Morgan fingerprint density at radius 1 is 1.43 bits per heavy atom. The topological polar surface area (TPSA) is 111 Å². The molecule has 0 fully saturated rings. The van der Waals surface area contributed by atoms with Crippen molar-refractivity contribution in [3.8, 4) is 11.4 Å². The van der Waals surface area contributed by atoms with Crippen molar-refractivity contribution in [2.24, 2.45) is 5.73 Å². The van der Waals surface area contributed by atoms with E-state index >= 15 is 0 Å². The highest BCUT2D eigenvalue weighted by Crippen LogP contribution is 2.19. The van der Waals surface area contributed by atoms with Crippen LogP contribution in [0.3, 0.4) is 0 Å². The summed E-state index contributed by atoms with van der Waals surface area (Å²) in [4.78, 5) is 26.7. The fourth-order valence-electron chi connectivity index (χ4n) is 1.86. The van der Waals surface area contributed by atoms with Gasteiger partial charge in [-0.15, -0.1) is 0 Å². The molecule has 0 saturated carbocycles. The molecule has 1 aromatic heterocycles. The Kier molecular flexibility index (Phi) is 5.05. The Bertz CT molecular complexity index is 729. The molecule has 2 amide bonds. The van der Waals surface area contributed by atoms with Gasteiger partial charge in [-0.1, -0.05) is 5.16 Å². The highest BCUT2D eigenvalue weighted by molar-refractivity contribution is 5.86. The van der Waals surface area contributed by atoms with Crippen LogP contribution in [0.4, 0.5) is 4.39 Å². The number of benzene rings is 1. The average Bonchev–Trinajstić information content (AvgIpc) is 2.96. The predicted octanol–water partition coefficient (Wildman–Crippen LogP) is 1.11. The molecular formula is C15H17FN4O3. The maximum absolute atomic E-state index is 13.2. The Morgan fingerprint density at radius 3 is 2.83 bits per heavy atom. The van der Waals surface area contributed by atoms with E-state index < -0.39 is 11.9 Å². The summed E-state index contributed by atoms with van der Waals surface area (Å²) in [5.74, 6) is -0.644. The van der Waals surface area contributed by atoms with Crippen LogP contribution in [0.25, 0.3) is 11.4 Å². The number of nitrogens with two attached hydrogens (primary N) is 1. The van der Waals surface area contributed by atoms with Gasteiger partial charge in [-0.05, 0) is 37.6 Å². The van der Waals surface area contributed by atoms with Gasteiger partial charge in [-0.2, -0.15) is 4.98 Å². The molecule has 0 radical (unpaired) electrons. The number of nitrogens with zero attached hydrogens (tertiary/aromatic N) is 2. The van der Waals surface area contributed by atoms with E-state index in [-0.39, 0.29) is 30.5 Å². The second kappa shape index (κ2) is 6.99. The Morgan fingerprint density at radius 2 is 2.17 bits per heavy atom. The summed E-state index contributed by atoms with van der Waals surface area (Å²) >= 11 is 0. The summed E-state index contributed by atoms with van der Waals surface area (Å²) < 4.78 is 18.3. The van der Waals surface area contributed by atoms with E-state index in [2.05, 4.69) is 15.5 Å². The van der Waals surface area contributed by atoms with Crippen LogP contribution in [-0.4, -0.2) is 28.0 Å². The van der Waals surface area contributed by atoms with Crippen LogP contribution in [-0.2, 0) is 16.0 Å². The maximum atomic E-state index is 13.2. The highest BCUT2D eigenvalue weighted by atomic mass is 19.1. The molecule has 1 atom stereocenters. The maximum Gasteiger partial charge on any atom is 0.239 e. The molecule has 3 N–H and O–H groups in total. The lowest BCUT2D eigenvalue weighted by atomic mass is 10.1. The summed E-state index contributed by atoms with van der Waals surface area (Å²) in [6.45, 7) is 3.14. The van der Waals surface area contributed by atoms with Crippen molar-refractivity contribution in [1.82, 2.24) is 15.5 Å². The van der Waals surface area contributed by atoms with Crippen molar-refractivity contribution in [2.75, 3.05) is 0 Å². The number of rotatable bonds is 6. The minimum absolute atomic E-state index is 0.0850. The fraction of sp³-hybridized carbons (Fsp3) is 0.333. The second-order valence-corrected chi connectivity index (χ2v) is 5.17. The van der Waals surface area contributed by atoms with Crippen molar-refractivity contribution < 1.29 is 18.5 Å². The summed E-state index contributed by atoms with van der Waals surface area (Å²) in [6.07, 6.45) is 0.312. The first-order valence-electron chi connectivity index (χ1n) is 7.04. The Hall–Kier alpha value is -2.77. The zero-order valence-corrected chi connectivity index (χ0v) is 12.8. The normalized spacial score (nSPS) is 12.0. The van der Waals surface area contributed by atoms with Crippen LogP contribution in [0.2, 0.25) is 0 Å². The van der Waals surface area contributed by atoms with Gasteiger partial charge in [-0.3, -0.25) is 9.59 Å². The van der Waals surface area contributed by atoms with Crippen LogP contribution < -0.4 is 11.1 Å². The number of hydrogen-bond acceptors (Lipinski definition) is 5. The van der Waals surface area contributed by atoms with Gasteiger partial charge in [0.2, 0.25) is 23.5 Å². The molecule has 0 aliphatic heterocycles. The minimum Gasteiger partial charge on any atom is -0.368 e. The van der Waals surface area contributed by atoms with Crippen LogP contribution in [0.1, 0.15) is 24.8 Å². The van der Waals surface area contributed by atoms with Gasteiger partial charge in [-0.25, -0.2) is 4.39 Å². The first kappa shape index (κ1) is 16.6. The number of primary amides is 1. The Balaban J connectivity index is 1.96. The molecule has 23 heavy (non-hydrogen) atoms. The van der Waals surface area contributed by atoms with Gasteiger partial charge < -0.3 is 15.6 Å². The lowest BCUT2D eigenvalue weighted by Crippen LogP contribution is -2.42. The molecule has 0 unspecified atom stereocenters. The van der Waals surface area contributed by atoms with E-state index in [4.69, 9.17) is 10.3 Å². The third-order valence-corrected chi connectivity index (χ3v) is 3.25. The van der Waals surface area contributed by atoms with E-state index in [1.54, 1.807) is 19.1 Å². The van der Waals surface area contributed by atoms with Gasteiger partial charge in [0.1, 0.15) is 11.9 Å². The van der Waals surface area contributed by atoms with E-state index in [1.807, 2.05) is 0 Å². The van der Waals surface area contributed by atoms with E-state index in [0.717, 1.165) is 0 Å². The van der Waals surface area contributed by atoms with Gasteiger partial charge in [0.15, 0.2) is 0 Å². The minimum atomic E-state index is -0.733. The molecule has 0 saturated heterocycles. The third kappa shape index (κ3) is 4.35. The number of aromatic nitrogens is 2. The molecule has 1 aromatic carbocycles. The molecule has 0 spiro atoms. The first-order chi connectivity index (χ1) is 10.9. The lowest BCUT2D eigenvalue weighted by Gasteiger charge is -2.08. The van der Waals surface area contributed by atoms with Gasteiger partial charge >= 0.3 is 0 Å². The van der Waals surface area contributed by atoms with Crippen LogP contribution in [0.5, 0.6) is 0 Å². The van der Waals surface area contributed by atoms with Crippen molar-refractivity contribution >= 4 is 11.8 Å². The average molecular weight is 320 g/mol. The predicted molar refractivity (Wildman–Crippen MR) is 79.5 cm³/mol. The lowest BCUT2D eigenvalue weighted by molar-refractivity contribution is -0.127. The van der Waals surface area contributed by atoms with Crippen LogP contribution in [0, 0.1) is 12.7 Å². The molecule has 0 aliphatic carbocycles. The van der Waals surface area contributed by atoms with Crippen LogP contribution >= 0.6 is 0 Å². The summed E-state index contributed by atoms with van der Waals surface area (Å²) in [5.41, 5.74) is 6.17.